The lowest BCUT2D eigenvalue weighted by molar-refractivity contribution is -0.156. The fourth-order valence-corrected chi connectivity index (χ4v) is 3.09. The predicted octanol–water partition coefficient (Wildman–Crippen LogP) is 3.12. The summed E-state index contributed by atoms with van der Waals surface area (Å²) in [5.41, 5.74) is 0.359. The lowest BCUT2D eigenvalue weighted by Crippen LogP contribution is -2.30. The molecule has 0 N–H and O–H groups in total. The van der Waals surface area contributed by atoms with Crippen LogP contribution in [0.1, 0.15) is 16.8 Å². The van der Waals surface area contributed by atoms with Crippen molar-refractivity contribution in [3.63, 3.8) is 0 Å². The average Bonchev–Trinajstić information content (AvgIpc) is 2.65. The van der Waals surface area contributed by atoms with Crippen LogP contribution in [0, 0.1) is 5.82 Å². The second kappa shape index (κ2) is 9.76. The van der Waals surface area contributed by atoms with Crippen molar-refractivity contribution < 1.29 is 30.7 Å². The van der Waals surface area contributed by atoms with Crippen LogP contribution < -0.4 is 0 Å². The molecule has 0 aliphatic heterocycles. The Kier molecular flexibility index (Phi) is 7.62. The molecule has 0 aliphatic carbocycles. The number of aromatic nitrogens is 1. The molecule has 0 bridgehead atoms. The minimum Gasteiger partial charge on any atom is -0.467 e. The van der Waals surface area contributed by atoms with Gasteiger partial charge in [0.05, 0.1) is 18.5 Å². The summed E-state index contributed by atoms with van der Waals surface area (Å²) in [4.78, 5) is 4.05. The van der Waals surface area contributed by atoms with Crippen LogP contribution in [0.25, 0.3) is 0 Å². The Morgan fingerprint density at radius 2 is 1.97 bits per heavy atom. The number of benzene rings is 1. The van der Waals surface area contributed by atoms with Gasteiger partial charge in [0.15, 0.2) is 6.61 Å². The van der Waals surface area contributed by atoms with E-state index in [2.05, 4.69) is 26.6 Å². The molecule has 7 nitrogen and oxygen atoms in total. The maximum absolute atomic E-state index is 14.6. The van der Waals surface area contributed by atoms with Crippen LogP contribution in [-0.2, 0) is 27.8 Å². The average molecular weight is 446 g/mol. The molecule has 0 unspecified atom stereocenters. The van der Waals surface area contributed by atoms with Gasteiger partial charge in [0.25, 0.3) is 0 Å². The van der Waals surface area contributed by atoms with Crippen LogP contribution in [-0.4, -0.2) is 49.4 Å². The van der Waals surface area contributed by atoms with E-state index in [1.807, 2.05) is 0 Å². The number of ether oxygens (including phenoxy) is 1. The Balaban J connectivity index is 2.25. The summed E-state index contributed by atoms with van der Waals surface area (Å²) in [7, 11) is -3.71. The van der Waals surface area contributed by atoms with Gasteiger partial charge in [0.2, 0.25) is 15.9 Å². The monoisotopic (exact) mass is 446 g/mol. The first-order chi connectivity index (χ1) is 14.0. The van der Waals surface area contributed by atoms with Gasteiger partial charge in [-0.1, -0.05) is 12.1 Å². The third kappa shape index (κ3) is 7.19. The molecule has 0 atom stereocenters. The SMILES string of the molecule is C=N/N=C(\OCC(F)(F)F)c1ccc(CN(Cc2ccccn2)S(C)(=O)=O)c(F)c1. The minimum absolute atomic E-state index is 0.00170. The van der Waals surface area contributed by atoms with Crippen molar-refractivity contribution in [2.75, 3.05) is 12.9 Å². The molecule has 0 radical (unpaired) electrons. The van der Waals surface area contributed by atoms with Crippen molar-refractivity contribution in [2.45, 2.75) is 19.3 Å². The lowest BCUT2D eigenvalue weighted by Gasteiger charge is -2.20. The summed E-state index contributed by atoms with van der Waals surface area (Å²) < 4.78 is 81.5. The second-order valence-corrected chi connectivity index (χ2v) is 8.09. The lowest BCUT2D eigenvalue weighted by atomic mass is 10.1. The number of halogens is 4. The molecule has 12 heteroatoms. The molecule has 0 aliphatic rings. The first-order valence-electron chi connectivity index (χ1n) is 8.36. The topological polar surface area (TPSA) is 84.2 Å². The van der Waals surface area contributed by atoms with E-state index in [-0.39, 0.29) is 24.2 Å². The Morgan fingerprint density at radius 3 is 2.50 bits per heavy atom. The van der Waals surface area contributed by atoms with Gasteiger partial charge in [0, 0.05) is 30.6 Å². The number of pyridine rings is 1. The molecule has 0 spiro atoms. The van der Waals surface area contributed by atoms with Gasteiger partial charge < -0.3 is 4.74 Å². The van der Waals surface area contributed by atoms with Crippen LogP contribution >= 0.6 is 0 Å². The first-order valence-corrected chi connectivity index (χ1v) is 10.2. The first kappa shape index (κ1) is 23.4. The molecule has 30 heavy (non-hydrogen) atoms. The quantitative estimate of drug-likeness (QED) is 0.270. The fraction of sp³-hybridized carbons (Fsp3) is 0.278. The molecule has 1 aromatic heterocycles. The molecule has 0 fully saturated rings. The maximum Gasteiger partial charge on any atom is 0.422 e. The van der Waals surface area contributed by atoms with Gasteiger partial charge in [-0.25, -0.2) is 12.8 Å². The Bertz CT molecular complexity index is 1010. The summed E-state index contributed by atoms with van der Waals surface area (Å²) in [6, 6.07) is 8.35. The summed E-state index contributed by atoms with van der Waals surface area (Å²) in [6.45, 7) is 1.01. The van der Waals surface area contributed by atoms with Crippen molar-refractivity contribution in [3.8, 4) is 0 Å². The van der Waals surface area contributed by atoms with E-state index in [1.54, 1.807) is 18.2 Å². The van der Waals surface area contributed by atoms with Gasteiger partial charge in [-0.05, 0) is 24.3 Å². The normalized spacial score (nSPS) is 12.8. The summed E-state index contributed by atoms with van der Waals surface area (Å²) >= 11 is 0. The highest BCUT2D eigenvalue weighted by atomic mass is 32.2. The molecule has 0 saturated heterocycles. The number of rotatable bonds is 8. The van der Waals surface area contributed by atoms with E-state index >= 15 is 0 Å². The number of sulfonamides is 1. The number of hydrogen-bond donors (Lipinski definition) is 0. The minimum atomic E-state index is -4.62. The van der Waals surface area contributed by atoms with Gasteiger partial charge in [-0.15, -0.1) is 5.10 Å². The molecule has 0 saturated carbocycles. The van der Waals surface area contributed by atoms with Crippen molar-refractivity contribution in [3.05, 3.63) is 65.2 Å². The molecule has 1 heterocycles. The zero-order chi connectivity index (χ0) is 22.4. The molecule has 0 amide bonds. The van der Waals surface area contributed by atoms with E-state index in [1.165, 1.54) is 18.3 Å². The largest absolute Gasteiger partial charge is 0.467 e. The highest BCUT2D eigenvalue weighted by Crippen LogP contribution is 2.19. The van der Waals surface area contributed by atoms with Crippen molar-refractivity contribution >= 4 is 22.6 Å². The van der Waals surface area contributed by atoms with Gasteiger partial charge >= 0.3 is 6.18 Å². The summed E-state index contributed by atoms with van der Waals surface area (Å²) in [5, 5.41) is 6.47. The number of hydrogen-bond acceptors (Lipinski definition) is 6. The highest BCUT2D eigenvalue weighted by molar-refractivity contribution is 7.88. The van der Waals surface area contributed by atoms with E-state index in [0.717, 1.165) is 16.6 Å². The Labute approximate surface area is 170 Å². The number of alkyl halides is 3. The van der Waals surface area contributed by atoms with Gasteiger partial charge in [-0.3, -0.25) is 4.98 Å². The van der Waals surface area contributed by atoms with Crippen LogP contribution in [0.2, 0.25) is 0 Å². The predicted molar refractivity (Wildman–Crippen MR) is 103 cm³/mol. The Morgan fingerprint density at radius 1 is 1.23 bits per heavy atom. The van der Waals surface area contributed by atoms with Crippen molar-refractivity contribution in [1.29, 1.82) is 0 Å². The molecular weight excluding hydrogens is 428 g/mol. The van der Waals surface area contributed by atoms with Crippen LogP contribution in [0.5, 0.6) is 0 Å². The van der Waals surface area contributed by atoms with Crippen molar-refractivity contribution in [1.82, 2.24) is 9.29 Å². The zero-order valence-corrected chi connectivity index (χ0v) is 16.6. The van der Waals surface area contributed by atoms with E-state index in [9.17, 15) is 26.0 Å². The molecule has 2 rings (SSSR count). The van der Waals surface area contributed by atoms with Crippen molar-refractivity contribution in [2.24, 2.45) is 10.2 Å². The molecule has 1 aromatic carbocycles. The highest BCUT2D eigenvalue weighted by Gasteiger charge is 2.29. The third-order valence-electron chi connectivity index (χ3n) is 3.71. The summed E-state index contributed by atoms with van der Waals surface area (Å²) in [5.74, 6) is -1.42. The Hall–Kier alpha value is -2.86. The smallest absolute Gasteiger partial charge is 0.422 e. The maximum atomic E-state index is 14.6. The van der Waals surface area contributed by atoms with E-state index in [4.69, 9.17) is 0 Å². The molecule has 162 valence electrons. The van der Waals surface area contributed by atoms with Crippen LogP contribution in [0.4, 0.5) is 17.6 Å². The van der Waals surface area contributed by atoms with E-state index in [0.29, 0.717) is 5.69 Å². The number of nitrogens with zero attached hydrogens (tertiary/aromatic N) is 4. The molecular formula is C18H18F4N4O3S. The van der Waals surface area contributed by atoms with Gasteiger partial charge in [0.1, 0.15) is 5.82 Å². The molecule has 2 aromatic rings. The third-order valence-corrected chi connectivity index (χ3v) is 4.91. The second-order valence-electron chi connectivity index (χ2n) is 6.11. The summed E-state index contributed by atoms with van der Waals surface area (Å²) in [6.07, 6.45) is -2.14. The van der Waals surface area contributed by atoms with Crippen LogP contribution in [0.15, 0.2) is 52.8 Å². The van der Waals surface area contributed by atoms with Gasteiger partial charge in [-0.2, -0.15) is 22.6 Å². The fourth-order valence-electron chi connectivity index (χ4n) is 2.35. The zero-order valence-electron chi connectivity index (χ0n) is 15.8. The standard InChI is InChI=1S/C18H18F4N4O3S/c1-23-25-17(29-12-18(20,21)22)13-6-7-14(16(19)9-13)10-26(30(2,27)28)11-15-5-3-4-8-24-15/h3-9H,1,10-12H2,2H3/b25-17-. The van der Waals surface area contributed by atoms with E-state index < -0.39 is 34.5 Å². The van der Waals surface area contributed by atoms with Crippen LogP contribution in [0.3, 0.4) is 0 Å².